The Morgan fingerprint density at radius 1 is 1.08 bits per heavy atom. The first kappa shape index (κ1) is 18.1. The fraction of sp³-hybridized carbons (Fsp3) is 0.421. The minimum atomic E-state index is 0.681. The quantitative estimate of drug-likeness (QED) is 0.578. The van der Waals surface area contributed by atoms with E-state index in [1.165, 1.54) is 11.1 Å². The molecule has 0 aliphatic rings. The summed E-state index contributed by atoms with van der Waals surface area (Å²) in [6.07, 6.45) is 4.14. The summed E-state index contributed by atoms with van der Waals surface area (Å²) in [5.74, 6) is 0.864. The molecule has 1 aromatic carbocycles. The Balaban J connectivity index is 1.89. The highest BCUT2D eigenvalue weighted by Gasteiger charge is 2.00. The van der Waals surface area contributed by atoms with Gasteiger partial charge in [0.15, 0.2) is 5.96 Å². The number of rotatable bonds is 8. The Hall–Kier alpha value is -2.27. The standard InChI is InChI=1S/C19H29N5/c1-4-20-19(21-10-13-24-11-5-6-12-24)22-15-17-8-7-9-18(14-17)16-23(2)3/h5-9,11-12,14H,4,10,13,15-16H2,1-3H3,(H2,20,21,22). The van der Waals surface area contributed by atoms with Crippen LogP contribution in [0.3, 0.4) is 0 Å². The summed E-state index contributed by atoms with van der Waals surface area (Å²) in [5, 5.41) is 6.69. The lowest BCUT2D eigenvalue weighted by molar-refractivity contribution is 0.402. The summed E-state index contributed by atoms with van der Waals surface area (Å²) in [5.41, 5.74) is 2.55. The first-order valence-electron chi connectivity index (χ1n) is 8.53. The van der Waals surface area contributed by atoms with Crippen LogP contribution in [0.4, 0.5) is 0 Å². The second kappa shape index (κ2) is 9.78. The molecule has 0 aliphatic heterocycles. The molecule has 0 amide bonds. The number of hydrogen-bond donors (Lipinski definition) is 2. The van der Waals surface area contributed by atoms with E-state index in [1.54, 1.807) is 0 Å². The Kier molecular flexibility index (Phi) is 7.36. The Labute approximate surface area is 145 Å². The first-order chi connectivity index (χ1) is 11.7. The van der Waals surface area contributed by atoms with E-state index in [4.69, 9.17) is 4.99 Å². The van der Waals surface area contributed by atoms with Crippen molar-refractivity contribution in [2.75, 3.05) is 27.2 Å². The number of benzene rings is 1. The van der Waals surface area contributed by atoms with Crippen LogP contribution in [-0.4, -0.2) is 42.6 Å². The maximum atomic E-state index is 4.69. The van der Waals surface area contributed by atoms with Crippen molar-refractivity contribution in [3.63, 3.8) is 0 Å². The SMILES string of the molecule is CCNC(=NCc1cccc(CN(C)C)c1)NCCn1cccc1. The molecule has 24 heavy (non-hydrogen) atoms. The van der Waals surface area contributed by atoms with Crippen molar-refractivity contribution in [1.29, 1.82) is 0 Å². The maximum Gasteiger partial charge on any atom is 0.191 e. The van der Waals surface area contributed by atoms with Gasteiger partial charge < -0.3 is 20.1 Å². The number of guanidine groups is 1. The van der Waals surface area contributed by atoms with E-state index in [-0.39, 0.29) is 0 Å². The Bertz CT molecular complexity index is 616. The number of aromatic nitrogens is 1. The van der Waals surface area contributed by atoms with Gasteiger partial charge in [-0.15, -0.1) is 0 Å². The fourth-order valence-corrected chi connectivity index (χ4v) is 2.53. The number of nitrogens with zero attached hydrogens (tertiary/aromatic N) is 3. The fourth-order valence-electron chi connectivity index (χ4n) is 2.53. The van der Waals surface area contributed by atoms with Gasteiger partial charge in [0, 0.05) is 38.6 Å². The third kappa shape index (κ3) is 6.46. The predicted octanol–water partition coefficient (Wildman–Crippen LogP) is 2.30. The molecule has 1 aromatic heterocycles. The molecule has 0 radical (unpaired) electrons. The van der Waals surface area contributed by atoms with E-state index in [9.17, 15) is 0 Å². The zero-order valence-electron chi connectivity index (χ0n) is 15.0. The van der Waals surface area contributed by atoms with E-state index in [1.807, 2.05) is 12.1 Å². The summed E-state index contributed by atoms with van der Waals surface area (Å²) < 4.78 is 2.15. The normalized spacial score (nSPS) is 11.8. The molecule has 0 saturated heterocycles. The molecule has 5 heteroatoms. The van der Waals surface area contributed by atoms with Crippen molar-refractivity contribution in [1.82, 2.24) is 20.1 Å². The summed E-state index contributed by atoms with van der Waals surface area (Å²) in [4.78, 5) is 6.87. The van der Waals surface area contributed by atoms with Crippen LogP contribution in [0.5, 0.6) is 0 Å². The van der Waals surface area contributed by atoms with Gasteiger partial charge in [0.05, 0.1) is 6.54 Å². The lowest BCUT2D eigenvalue weighted by Crippen LogP contribution is -2.38. The van der Waals surface area contributed by atoms with Gasteiger partial charge in [-0.05, 0) is 44.3 Å². The van der Waals surface area contributed by atoms with E-state index < -0.39 is 0 Å². The van der Waals surface area contributed by atoms with Gasteiger partial charge in [-0.25, -0.2) is 4.99 Å². The van der Waals surface area contributed by atoms with Crippen molar-refractivity contribution < 1.29 is 0 Å². The molecule has 0 unspecified atom stereocenters. The summed E-state index contributed by atoms with van der Waals surface area (Å²) in [7, 11) is 4.17. The zero-order valence-corrected chi connectivity index (χ0v) is 15.0. The largest absolute Gasteiger partial charge is 0.357 e. The van der Waals surface area contributed by atoms with Gasteiger partial charge in [0.1, 0.15) is 0 Å². The topological polar surface area (TPSA) is 44.6 Å². The van der Waals surface area contributed by atoms with Crippen LogP contribution in [0.2, 0.25) is 0 Å². The highest BCUT2D eigenvalue weighted by molar-refractivity contribution is 5.79. The number of hydrogen-bond acceptors (Lipinski definition) is 2. The molecule has 0 saturated carbocycles. The molecule has 130 valence electrons. The van der Waals surface area contributed by atoms with Crippen LogP contribution < -0.4 is 10.6 Å². The van der Waals surface area contributed by atoms with Gasteiger partial charge in [0.25, 0.3) is 0 Å². The summed E-state index contributed by atoms with van der Waals surface area (Å²) in [6.45, 7) is 6.35. The molecular weight excluding hydrogens is 298 g/mol. The lowest BCUT2D eigenvalue weighted by atomic mass is 10.1. The highest BCUT2D eigenvalue weighted by atomic mass is 15.2. The second-order valence-corrected chi connectivity index (χ2v) is 6.10. The monoisotopic (exact) mass is 327 g/mol. The van der Waals surface area contributed by atoms with Crippen LogP contribution >= 0.6 is 0 Å². The molecule has 1 heterocycles. The molecular formula is C19H29N5. The van der Waals surface area contributed by atoms with E-state index in [0.29, 0.717) is 6.54 Å². The van der Waals surface area contributed by atoms with Gasteiger partial charge in [0.2, 0.25) is 0 Å². The van der Waals surface area contributed by atoms with Crippen molar-refractivity contribution in [2.45, 2.75) is 26.6 Å². The average molecular weight is 327 g/mol. The molecule has 2 N–H and O–H groups in total. The van der Waals surface area contributed by atoms with Gasteiger partial charge in [-0.2, -0.15) is 0 Å². The summed E-state index contributed by atoms with van der Waals surface area (Å²) in [6, 6.07) is 12.7. The molecule has 2 aromatic rings. The molecule has 0 bridgehead atoms. The van der Waals surface area contributed by atoms with Crippen molar-refractivity contribution in [2.24, 2.45) is 4.99 Å². The van der Waals surface area contributed by atoms with E-state index in [2.05, 4.69) is 77.8 Å². The van der Waals surface area contributed by atoms with Gasteiger partial charge in [-0.3, -0.25) is 0 Å². The minimum Gasteiger partial charge on any atom is -0.357 e. The van der Waals surface area contributed by atoms with Crippen LogP contribution in [0.25, 0.3) is 0 Å². The van der Waals surface area contributed by atoms with E-state index >= 15 is 0 Å². The zero-order chi connectivity index (χ0) is 17.2. The van der Waals surface area contributed by atoms with Gasteiger partial charge >= 0.3 is 0 Å². The van der Waals surface area contributed by atoms with E-state index in [0.717, 1.165) is 32.1 Å². The van der Waals surface area contributed by atoms with Crippen molar-refractivity contribution >= 4 is 5.96 Å². The first-order valence-corrected chi connectivity index (χ1v) is 8.53. The third-order valence-electron chi connectivity index (χ3n) is 3.58. The third-order valence-corrected chi connectivity index (χ3v) is 3.58. The molecule has 5 nitrogen and oxygen atoms in total. The Morgan fingerprint density at radius 2 is 1.83 bits per heavy atom. The smallest absolute Gasteiger partial charge is 0.191 e. The molecule has 0 spiro atoms. The average Bonchev–Trinajstić information content (AvgIpc) is 3.06. The molecule has 0 aliphatic carbocycles. The van der Waals surface area contributed by atoms with Crippen molar-refractivity contribution in [3.8, 4) is 0 Å². The second-order valence-electron chi connectivity index (χ2n) is 6.10. The number of nitrogens with one attached hydrogen (secondary N) is 2. The molecule has 2 rings (SSSR count). The highest BCUT2D eigenvalue weighted by Crippen LogP contribution is 2.08. The van der Waals surface area contributed by atoms with Crippen LogP contribution in [0.15, 0.2) is 53.8 Å². The molecule has 0 fully saturated rings. The Morgan fingerprint density at radius 3 is 2.54 bits per heavy atom. The van der Waals surface area contributed by atoms with Crippen LogP contribution in [0, 0.1) is 0 Å². The predicted molar refractivity (Wildman–Crippen MR) is 101 cm³/mol. The van der Waals surface area contributed by atoms with Crippen LogP contribution in [-0.2, 0) is 19.6 Å². The van der Waals surface area contributed by atoms with Crippen molar-refractivity contribution in [3.05, 3.63) is 59.9 Å². The number of aliphatic imine (C=N–C) groups is 1. The van der Waals surface area contributed by atoms with Crippen LogP contribution in [0.1, 0.15) is 18.1 Å². The maximum absolute atomic E-state index is 4.69. The molecule has 0 atom stereocenters. The summed E-state index contributed by atoms with van der Waals surface area (Å²) >= 11 is 0. The van der Waals surface area contributed by atoms with Gasteiger partial charge in [-0.1, -0.05) is 24.3 Å². The minimum absolute atomic E-state index is 0.681. The lowest BCUT2D eigenvalue weighted by Gasteiger charge is -2.12.